The molecule has 0 bridgehead atoms. The first kappa shape index (κ1) is 10.2. The quantitative estimate of drug-likeness (QED) is 0.794. The molecule has 0 amide bonds. The van der Waals surface area contributed by atoms with Crippen molar-refractivity contribution >= 4 is 11.3 Å². The van der Waals surface area contributed by atoms with Crippen LogP contribution in [0.5, 0.6) is 0 Å². The van der Waals surface area contributed by atoms with Crippen molar-refractivity contribution in [1.82, 2.24) is 0 Å². The molecule has 1 aromatic heterocycles. The van der Waals surface area contributed by atoms with Crippen molar-refractivity contribution in [3.63, 3.8) is 0 Å². The Morgan fingerprint density at radius 1 is 1.64 bits per heavy atom. The predicted octanol–water partition coefficient (Wildman–Crippen LogP) is 3.23. The summed E-state index contributed by atoms with van der Waals surface area (Å²) in [6, 6.07) is 4.19. The summed E-state index contributed by atoms with van der Waals surface area (Å²) in [6.45, 7) is 2.25. The van der Waals surface area contributed by atoms with Crippen LogP contribution in [0.15, 0.2) is 17.5 Å². The molecule has 14 heavy (non-hydrogen) atoms. The fourth-order valence-electron chi connectivity index (χ4n) is 2.53. The van der Waals surface area contributed by atoms with Crippen molar-refractivity contribution in [1.29, 1.82) is 0 Å². The van der Waals surface area contributed by atoms with Crippen LogP contribution in [0, 0.1) is 5.92 Å². The maximum atomic E-state index is 10.4. The Bertz CT molecular complexity index is 281. The molecule has 2 atom stereocenters. The fourth-order valence-corrected chi connectivity index (χ4v) is 3.37. The molecule has 0 aliphatic heterocycles. The number of aliphatic hydroxyl groups is 1. The second-order valence-electron chi connectivity index (χ2n) is 4.68. The maximum Gasteiger partial charge on any atom is 0.0698 e. The molecule has 0 spiro atoms. The van der Waals surface area contributed by atoms with E-state index in [1.54, 1.807) is 11.3 Å². The van der Waals surface area contributed by atoms with E-state index in [0.29, 0.717) is 5.92 Å². The lowest BCUT2D eigenvalue weighted by Gasteiger charge is -2.35. The summed E-state index contributed by atoms with van der Waals surface area (Å²) >= 11 is 1.76. The lowest BCUT2D eigenvalue weighted by Crippen LogP contribution is -2.36. The van der Waals surface area contributed by atoms with Gasteiger partial charge >= 0.3 is 0 Å². The lowest BCUT2D eigenvalue weighted by molar-refractivity contribution is -0.0117. The van der Waals surface area contributed by atoms with E-state index >= 15 is 0 Å². The molecule has 78 valence electrons. The van der Waals surface area contributed by atoms with Gasteiger partial charge in [-0.05, 0) is 30.2 Å². The molecule has 1 N–H and O–H groups in total. The Kier molecular flexibility index (Phi) is 2.93. The van der Waals surface area contributed by atoms with Gasteiger partial charge in [-0.1, -0.05) is 25.8 Å². The van der Waals surface area contributed by atoms with Crippen molar-refractivity contribution in [3.8, 4) is 0 Å². The topological polar surface area (TPSA) is 20.2 Å². The van der Waals surface area contributed by atoms with E-state index in [4.69, 9.17) is 0 Å². The standard InChI is InChI=1S/C12H18OS/c1-10-4-2-6-12(13,8-10)9-11-5-3-7-14-11/h3,5,7,10,13H,2,4,6,8-9H2,1H3. The second kappa shape index (κ2) is 4.03. The van der Waals surface area contributed by atoms with E-state index in [9.17, 15) is 5.11 Å². The van der Waals surface area contributed by atoms with E-state index in [0.717, 1.165) is 19.3 Å². The number of thiophene rings is 1. The Morgan fingerprint density at radius 2 is 2.50 bits per heavy atom. The molecule has 2 unspecified atom stereocenters. The van der Waals surface area contributed by atoms with Crippen molar-refractivity contribution < 1.29 is 5.11 Å². The van der Waals surface area contributed by atoms with Gasteiger partial charge in [0.15, 0.2) is 0 Å². The Balaban J connectivity index is 2.01. The van der Waals surface area contributed by atoms with Crippen molar-refractivity contribution in [2.24, 2.45) is 5.92 Å². The van der Waals surface area contributed by atoms with Crippen LogP contribution in [0.1, 0.15) is 37.5 Å². The zero-order valence-corrected chi connectivity index (χ0v) is 9.52. The highest BCUT2D eigenvalue weighted by molar-refractivity contribution is 7.09. The van der Waals surface area contributed by atoms with Crippen LogP contribution in [0.4, 0.5) is 0 Å². The van der Waals surface area contributed by atoms with Gasteiger partial charge < -0.3 is 5.11 Å². The van der Waals surface area contributed by atoms with Crippen molar-refractivity contribution in [2.45, 2.75) is 44.6 Å². The minimum atomic E-state index is -0.414. The number of hydrogen-bond donors (Lipinski definition) is 1. The molecule has 1 aliphatic carbocycles. The number of hydrogen-bond acceptors (Lipinski definition) is 2. The Hall–Kier alpha value is -0.340. The molecule has 1 heterocycles. The highest BCUT2D eigenvalue weighted by atomic mass is 32.1. The van der Waals surface area contributed by atoms with E-state index in [-0.39, 0.29) is 0 Å². The first-order valence-corrected chi connectivity index (χ1v) is 6.31. The maximum absolute atomic E-state index is 10.4. The van der Waals surface area contributed by atoms with Crippen LogP contribution in [-0.4, -0.2) is 10.7 Å². The monoisotopic (exact) mass is 210 g/mol. The molecule has 2 rings (SSSR count). The highest BCUT2D eigenvalue weighted by Gasteiger charge is 2.32. The summed E-state index contributed by atoms with van der Waals surface area (Å²) in [6.07, 6.45) is 5.28. The van der Waals surface area contributed by atoms with Gasteiger partial charge in [-0.15, -0.1) is 11.3 Å². The normalized spacial score (nSPS) is 33.1. The molecule has 1 nitrogen and oxygen atoms in total. The predicted molar refractivity (Wildman–Crippen MR) is 60.6 cm³/mol. The second-order valence-corrected chi connectivity index (χ2v) is 5.71. The van der Waals surface area contributed by atoms with Crippen LogP contribution < -0.4 is 0 Å². The minimum absolute atomic E-state index is 0.414. The van der Waals surface area contributed by atoms with E-state index < -0.39 is 5.60 Å². The smallest absolute Gasteiger partial charge is 0.0698 e. The Labute approximate surface area is 89.8 Å². The summed E-state index contributed by atoms with van der Waals surface area (Å²) in [7, 11) is 0. The zero-order chi connectivity index (χ0) is 10.0. The highest BCUT2D eigenvalue weighted by Crippen LogP contribution is 2.35. The van der Waals surface area contributed by atoms with Crippen LogP contribution in [0.3, 0.4) is 0 Å². The average molecular weight is 210 g/mol. The van der Waals surface area contributed by atoms with E-state index in [1.165, 1.54) is 17.7 Å². The zero-order valence-electron chi connectivity index (χ0n) is 8.70. The van der Waals surface area contributed by atoms with Crippen molar-refractivity contribution in [2.75, 3.05) is 0 Å². The first-order chi connectivity index (χ1) is 6.68. The summed E-state index contributed by atoms with van der Waals surface area (Å²) in [5.41, 5.74) is -0.414. The van der Waals surface area contributed by atoms with Crippen LogP contribution in [0.25, 0.3) is 0 Å². The molecular formula is C12H18OS. The summed E-state index contributed by atoms with van der Waals surface area (Å²) in [5.74, 6) is 0.689. The van der Waals surface area contributed by atoms with Crippen LogP contribution >= 0.6 is 11.3 Å². The molecule has 0 aromatic carbocycles. The van der Waals surface area contributed by atoms with E-state index in [2.05, 4.69) is 24.4 Å². The molecule has 0 radical (unpaired) electrons. The third-order valence-corrected chi connectivity index (χ3v) is 4.03. The molecule has 0 saturated heterocycles. The third-order valence-electron chi connectivity index (χ3n) is 3.15. The first-order valence-electron chi connectivity index (χ1n) is 5.43. The largest absolute Gasteiger partial charge is 0.390 e. The van der Waals surface area contributed by atoms with Crippen LogP contribution in [0.2, 0.25) is 0 Å². The average Bonchev–Trinajstić information content (AvgIpc) is 2.55. The molecule has 1 fully saturated rings. The minimum Gasteiger partial charge on any atom is -0.390 e. The number of rotatable bonds is 2. The third kappa shape index (κ3) is 2.37. The Morgan fingerprint density at radius 3 is 3.14 bits per heavy atom. The molecule has 1 aromatic rings. The van der Waals surface area contributed by atoms with Crippen molar-refractivity contribution in [3.05, 3.63) is 22.4 Å². The molecule has 2 heteroatoms. The van der Waals surface area contributed by atoms with Gasteiger partial charge in [0.1, 0.15) is 0 Å². The van der Waals surface area contributed by atoms with Gasteiger partial charge in [-0.2, -0.15) is 0 Å². The fraction of sp³-hybridized carbons (Fsp3) is 0.667. The summed E-state index contributed by atoms with van der Waals surface area (Å²) < 4.78 is 0. The molecule has 1 aliphatic rings. The summed E-state index contributed by atoms with van der Waals surface area (Å²) in [5, 5.41) is 12.5. The van der Waals surface area contributed by atoms with Gasteiger partial charge in [0.25, 0.3) is 0 Å². The van der Waals surface area contributed by atoms with Gasteiger partial charge in [-0.25, -0.2) is 0 Å². The van der Waals surface area contributed by atoms with Gasteiger partial charge in [0.2, 0.25) is 0 Å². The van der Waals surface area contributed by atoms with Gasteiger partial charge in [0.05, 0.1) is 5.60 Å². The summed E-state index contributed by atoms with van der Waals surface area (Å²) in [4.78, 5) is 1.32. The van der Waals surface area contributed by atoms with Gasteiger partial charge in [0, 0.05) is 11.3 Å². The van der Waals surface area contributed by atoms with Gasteiger partial charge in [-0.3, -0.25) is 0 Å². The van der Waals surface area contributed by atoms with E-state index in [1.807, 2.05) is 0 Å². The van der Waals surface area contributed by atoms with Crippen LogP contribution in [-0.2, 0) is 6.42 Å². The lowest BCUT2D eigenvalue weighted by atomic mass is 9.77. The SMILES string of the molecule is CC1CCCC(O)(Cc2cccs2)C1. The molecular weight excluding hydrogens is 192 g/mol. The molecule has 1 saturated carbocycles.